The quantitative estimate of drug-likeness (QED) is 0.476. The number of amidine groups is 1. The molecular formula is C23H21N5O3. The summed E-state index contributed by atoms with van der Waals surface area (Å²) in [5, 5.41) is 27.5. The molecular weight excluding hydrogens is 394 g/mol. The van der Waals surface area contributed by atoms with Crippen molar-refractivity contribution in [1.29, 1.82) is 5.41 Å². The van der Waals surface area contributed by atoms with Crippen LogP contribution in [-0.4, -0.2) is 33.4 Å². The Morgan fingerprint density at radius 3 is 2.52 bits per heavy atom. The first-order chi connectivity index (χ1) is 15.0. The fourth-order valence-corrected chi connectivity index (χ4v) is 3.32. The molecule has 2 heterocycles. The van der Waals surface area contributed by atoms with Gasteiger partial charge in [-0.1, -0.05) is 60.7 Å². The SMILES string of the molecule is N=C1c2c(O)[nH]c(=O)c(=Cc3ccccc3)c2=NN1CCC(=O)NCc1ccccc1. The Morgan fingerprint density at radius 2 is 1.81 bits per heavy atom. The highest BCUT2D eigenvalue weighted by atomic mass is 16.3. The Labute approximate surface area is 177 Å². The van der Waals surface area contributed by atoms with Crippen LogP contribution in [0.15, 0.2) is 70.6 Å². The van der Waals surface area contributed by atoms with E-state index in [1.807, 2.05) is 60.7 Å². The highest BCUT2D eigenvalue weighted by Crippen LogP contribution is 2.14. The number of H-pyrrole nitrogens is 1. The van der Waals surface area contributed by atoms with Gasteiger partial charge in [-0.2, -0.15) is 5.10 Å². The van der Waals surface area contributed by atoms with Gasteiger partial charge in [-0.05, 0) is 17.2 Å². The summed E-state index contributed by atoms with van der Waals surface area (Å²) in [6, 6.07) is 18.8. The van der Waals surface area contributed by atoms with Gasteiger partial charge in [-0.15, -0.1) is 0 Å². The summed E-state index contributed by atoms with van der Waals surface area (Å²) < 4.78 is 0. The molecule has 0 aliphatic carbocycles. The zero-order valence-electron chi connectivity index (χ0n) is 16.6. The number of fused-ring (bicyclic) bond motifs is 1. The largest absolute Gasteiger partial charge is 0.494 e. The number of nitrogens with zero attached hydrogens (tertiary/aromatic N) is 2. The van der Waals surface area contributed by atoms with Crippen molar-refractivity contribution >= 4 is 17.8 Å². The Bertz CT molecular complexity index is 1300. The molecule has 4 N–H and O–H groups in total. The molecule has 0 atom stereocenters. The number of benzene rings is 2. The van der Waals surface area contributed by atoms with Crippen LogP contribution in [0.1, 0.15) is 23.1 Å². The lowest BCUT2D eigenvalue weighted by Crippen LogP contribution is -2.42. The number of aromatic nitrogens is 1. The normalized spacial score (nSPS) is 13.1. The van der Waals surface area contributed by atoms with E-state index in [-0.39, 0.29) is 40.8 Å². The lowest BCUT2D eigenvalue weighted by molar-refractivity contribution is -0.121. The summed E-state index contributed by atoms with van der Waals surface area (Å²) in [4.78, 5) is 27.0. The lowest BCUT2D eigenvalue weighted by atomic mass is 10.1. The van der Waals surface area contributed by atoms with Crippen LogP contribution >= 0.6 is 0 Å². The molecule has 1 aromatic heterocycles. The minimum atomic E-state index is -0.501. The minimum Gasteiger partial charge on any atom is -0.494 e. The molecule has 4 rings (SSSR count). The number of carbonyl (C=O) groups excluding carboxylic acids is 1. The van der Waals surface area contributed by atoms with E-state index < -0.39 is 11.4 Å². The van der Waals surface area contributed by atoms with Crippen LogP contribution in [0, 0.1) is 5.41 Å². The number of amides is 1. The molecule has 0 spiro atoms. The Balaban J connectivity index is 1.54. The molecule has 0 saturated heterocycles. The van der Waals surface area contributed by atoms with Gasteiger partial charge in [0.25, 0.3) is 5.56 Å². The number of pyridine rings is 1. The fraction of sp³-hybridized carbons (Fsp3) is 0.130. The average molecular weight is 415 g/mol. The van der Waals surface area contributed by atoms with E-state index in [1.165, 1.54) is 5.01 Å². The third-order valence-corrected chi connectivity index (χ3v) is 4.91. The highest BCUT2D eigenvalue weighted by Gasteiger charge is 2.26. The highest BCUT2D eigenvalue weighted by molar-refractivity contribution is 5.99. The Hall–Kier alpha value is -4.20. The van der Waals surface area contributed by atoms with Crippen LogP contribution in [0.3, 0.4) is 0 Å². The maximum Gasteiger partial charge on any atom is 0.260 e. The standard InChI is InChI=1S/C23H21N5O3/c24-21-19-20(17(22(30)26-23(19)31)13-15-7-3-1-4-8-15)27-28(21)12-11-18(29)25-14-16-9-5-2-6-10-16/h1-10,13,24,31H,11-12,14H2,(H,25,29)(H,26,30). The fourth-order valence-electron chi connectivity index (χ4n) is 3.32. The molecule has 2 aromatic carbocycles. The Morgan fingerprint density at radius 1 is 1.13 bits per heavy atom. The van der Waals surface area contributed by atoms with Crippen LogP contribution < -0.4 is 21.5 Å². The number of rotatable bonds is 6. The van der Waals surface area contributed by atoms with Gasteiger partial charge in [0.05, 0.1) is 11.8 Å². The number of hydrogen-bond donors (Lipinski definition) is 4. The molecule has 0 fully saturated rings. The summed E-state index contributed by atoms with van der Waals surface area (Å²) in [5.74, 6) is -0.656. The van der Waals surface area contributed by atoms with Crippen LogP contribution in [0.4, 0.5) is 0 Å². The van der Waals surface area contributed by atoms with Crippen molar-refractivity contribution in [3.8, 4) is 5.88 Å². The summed E-state index contributed by atoms with van der Waals surface area (Å²) in [6.45, 7) is 0.562. The van der Waals surface area contributed by atoms with E-state index >= 15 is 0 Å². The third kappa shape index (κ3) is 4.37. The van der Waals surface area contributed by atoms with Gasteiger partial charge in [0.1, 0.15) is 10.9 Å². The van der Waals surface area contributed by atoms with Crippen molar-refractivity contribution in [2.24, 2.45) is 5.10 Å². The van der Waals surface area contributed by atoms with Gasteiger partial charge in [-0.3, -0.25) is 20.0 Å². The molecule has 156 valence electrons. The van der Waals surface area contributed by atoms with E-state index in [9.17, 15) is 14.7 Å². The van der Waals surface area contributed by atoms with Gasteiger partial charge < -0.3 is 10.4 Å². The van der Waals surface area contributed by atoms with Gasteiger partial charge in [0.15, 0.2) is 5.84 Å². The minimum absolute atomic E-state index is 0.0673. The lowest BCUT2D eigenvalue weighted by Gasteiger charge is -2.14. The van der Waals surface area contributed by atoms with Crippen molar-refractivity contribution in [2.45, 2.75) is 13.0 Å². The van der Waals surface area contributed by atoms with Crippen molar-refractivity contribution in [3.05, 3.63) is 98.3 Å². The Kier molecular flexibility index (Phi) is 5.61. The molecule has 8 nitrogen and oxygen atoms in total. The molecule has 0 saturated carbocycles. The van der Waals surface area contributed by atoms with E-state index in [0.29, 0.717) is 6.54 Å². The van der Waals surface area contributed by atoms with Gasteiger partial charge >= 0.3 is 0 Å². The number of nitrogens with one attached hydrogen (secondary N) is 3. The second-order valence-electron chi connectivity index (χ2n) is 7.08. The van der Waals surface area contributed by atoms with Crippen LogP contribution in [0.2, 0.25) is 0 Å². The van der Waals surface area contributed by atoms with Crippen molar-refractivity contribution < 1.29 is 9.90 Å². The van der Waals surface area contributed by atoms with Gasteiger partial charge in [-0.25, -0.2) is 5.01 Å². The molecule has 1 amide bonds. The molecule has 31 heavy (non-hydrogen) atoms. The zero-order valence-corrected chi connectivity index (χ0v) is 16.6. The van der Waals surface area contributed by atoms with E-state index in [2.05, 4.69) is 15.4 Å². The maximum absolute atomic E-state index is 12.4. The van der Waals surface area contributed by atoms with Crippen LogP contribution in [0.25, 0.3) is 6.08 Å². The maximum atomic E-state index is 12.4. The summed E-state index contributed by atoms with van der Waals surface area (Å²) in [7, 11) is 0. The van der Waals surface area contributed by atoms with E-state index in [0.717, 1.165) is 11.1 Å². The first kappa shape index (κ1) is 20.1. The second-order valence-corrected chi connectivity index (χ2v) is 7.08. The molecule has 1 aliphatic rings. The topological polar surface area (TPSA) is 122 Å². The number of carbonyl (C=O) groups is 1. The molecule has 3 aromatic rings. The summed E-state index contributed by atoms with van der Waals surface area (Å²) in [5.41, 5.74) is 1.43. The summed E-state index contributed by atoms with van der Waals surface area (Å²) >= 11 is 0. The smallest absolute Gasteiger partial charge is 0.260 e. The van der Waals surface area contributed by atoms with Crippen molar-refractivity contribution in [2.75, 3.05) is 6.54 Å². The van der Waals surface area contributed by atoms with Crippen molar-refractivity contribution in [1.82, 2.24) is 15.3 Å². The molecule has 0 unspecified atom stereocenters. The predicted molar refractivity (Wildman–Crippen MR) is 116 cm³/mol. The van der Waals surface area contributed by atoms with Crippen molar-refractivity contribution in [3.63, 3.8) is 0 Å². The number of hydrogen-bond acceptors (Lipinski definition) is 5. The van der Waals surface area contributed by atoms with Crippen LogP contribution in [0.5, 0.6) is 5.88 Å². The predicted octanol–water partition coefficient (Wildman–Crippen LogP) is 0.791. The van der Waals surface area contributed by atoms with Crippen LogP contribution in [-0.2, 0) is 11.3 Å². The molecule has 1 aliphatic heterocycles. The second kappa shape index (κ2) is 8.66. The number of aromatic amines is 1. The van der Waals surface area contributed by atoms with Gasteiger partial charge in [0.2, 0.25) is 11.8 Å². The molecule has 0 bridgehead atoms. The average Bonchev–Trinajstić information content (AvgIpc) is 3.12. The van der Waals surface area contributed by atoms with E-state index in [1.54, 1.807) is 6.08 Å². The molecule has 8 heteroatoms. The first-order valence-electron chi connectivity index (χ1n) is 9.80. The van der Waals surface area contributed by atoms with Gasteiger partial charge in [0, 0.05) is 13.0 Å². The monoisotopic (exact) mass is 415 g/mol. The van der Waals surface area contributed by atoms with E-state index in [4.69, 9.17) is 5.41 Å². The third-order valence-electron chi connectivity index (χ3n) is 4.91. The molecule has 0 radical (unpaired) electrons. The number of aromatic hydroxyl groups is 1. The summed E-state index contributed by atoms with van der Waals surface area (Å²) in [6.07, 6.45) is 1.77. The zero-order chi connectivity index (χ0) is 21.8. The first-order valence-corrected chi connectivity index (χ1v) is 9.80.